The molecule has 0 atom stereocenters. The van der Waals surface area contributed by atoms with Crippen LogP contribution in [-0.2, 0) is 6.42 Å². The van der Waals surface area contributed by atoms with Gasteiger partial charge in [-0.25, -0.2) is 4.39 Å². The third kappa shape index (κ3) is 3.86. The molecule has 23 heavy (non-hydrogen) atoms. The molecule has 0 amide bonds. The second kappa shape index (κ2) is 6.92. The zero-order chi connectivity index (χ0) is 16.1. The first-order valence-electron chi connectivity index (χ1n) is 7.33. The Hall–Kier alpha value is -2.88. The normalized spacial score (nSPS) is 10.5. The number of halogens is 1. The van der Waals surface area contributed by atoms with Crippen molar-refractivity contribution < 1.29 is 14.2 Å². The van der Waals surface area contributed by atoms with Crippen molar-refractivity contribution in [3.63, 3.8) is 0 Å². The third-order valence-electron chi connectivity index (χ3n) is 3.47. The minimum Gasteiger partial charge on any atom is -0.508 e. The van der Waals surface area contributed by atoms with Crippen molar-refractivity contribution in [3.05, 3.63) is 78.4 Å². The number of benzene rings is 2. The van der Waals surface area contributed by atoms with Crippen LogP contribution in [0.25, 0.3) is 11.1 Å². The molecule has 1 aromatic heterocycles. The number of phenolic OH excluding ortho intramolecular Hbond substituents is 1. The van der Waals surface area contributed by atoms with Crippen LogP contribution in [0.4, 0.5) is 4.39 Å². The van der Waals surface area contributed by atoms with E-state index in [9.17, 15) is 9.50 Å². The van der Waals surface area contributed by atoms with E-state index in [1.165, 1.54) is 12.1 Å². The molecule has 3 rings (SSSR count). The fourth-order valence-corrected chi connectivity index (χ4v) is 2.35. The number of ether oxygens (including phenoxy) is 1. The number of hydrogen-bond acceptors (Lipinski definition) is 3. The van der Waals surface area contributed by atoms with E-state index in [1.807, 2.05) is 18.2 Å². The Morgan fingerprint density at radius 2 is 1.96 bits per heavy atom. The number of rotatable bonds is 5. The van der Waals surface area contributed by atoms with Gasteiger partial charge in [-0.1, -0.05) is 18.2 Å². The Kier molecular flexibility index (Phi) is 4.52. The van der Waals surface area contributed by atoms with E-state index in [1.54, 1.807) is 36.7 Å². The zero-order valence-electron chi connectivity index (χ0n) is 12.4. The Morgan fingerprint density at radius 1 is 1.04 bits per heavy atom. The van der Waals surface area contributed by atoms with Crippen LogP contribution in [0.5, 0.6) is 11.5 Å². The number of nitrogens with zero attached hydrogens (tertiary/aromatic N) is 1. The first kappa shape index (κ1) is 15.0. The maximum atomic E-state index is 13.6. The van der Waals surface area contributed by atoms with E-state index in [2.05, 4.69) is 4.98 Å². The van der Waals surface area contributed by atoms with Gasteiger partial charge in [-0.15, -0.1) is 0 Å². The van der Waals surface area contributed by atoms with Crippen LogP contribution < -0.4 is 4.74 Å². The molecule has 0 aliphatic rings. The molecule has 0 unspecified atom stereocenters. The molecule has 3 aromatic rings. The van der Waals surface area contributed by atoms with Crippen molar-refractivity contribution in [3.8, 4) is 22.6 Å². The highest BCUT2D eigenvalue weighted by Gasteiger charge is 2.09. The number of aromatic nitrogens is 1. The van der Waals surface area contributed by atoms with E-state index in [4.69, 9.17) is 4.74 Å². The number of hydrogen-bond donors (Lipinski definition) is 1. The molecule has 2 aromatic carbocycles. The molecule has 1 N–H and O–H groups in total. The molecule has 0 spiro atoms. The molecule has 0 saturated heterocycles. The van der Waals surface area contributed by atoms with Gasteiger partial charge >= 0.3 is 0 Å². The van der Waals surface area contributed by atoms with Crippen LogP contribution in [0.3, 0.4) is 0 Å². The van der Waals surface area contributed by atoms with Crippen molar-refractivity contribution in [2.75, 3.05) is 6.61 Å². The quantitative estimate of drug-likeness (QED) is 0.767. The minimum atomic E-state index is -0.356. The lowest BCUT2D eigenvalue weighted by Crippen LogP contribution is -2.03. The summed E-state index contributed by atoms with van der Waals surface area (Å²) in [6.07, 6.45) is 4.19. The standard InChI is InChI=1S/C19H16FNO2/c20-16-6-7-18(15-4-1-5-17(22)11-15)19(12-16)23-10-8-14-3-2-9-21-13-14/h1-7,9,11-13,22H,8,10H2. The summed E-state index contributed by atoms with van der Waals surface area (Å²) >= 11 is 0. The molecule has 0 radical (unpaired) electrons. The van der Waals surface area contributed by atoms with Gasteiger partial charge < -0.3 is 9.84 Å². The van der Waals surface area contributed by atoms with Gasteiger partial charge in [0, 0.05) is 30.4 Å². The lowest BCUT2D eigenvalue weighted by molar-refractivity contribution is 0.321. The van der Waals surface area contributed by atoms with Crippen LogP contribution in [-0.4, -0.2) is 16.7 Å². The maximum Gasteiger partial charge on any atom is 0.130 e. The summed E-state index contributed by atoms with van der Waals surface area (Å²) in [5, 5.41) is 9.62. The Labute approximate surface area is 134 Å². The molecule has 116 valence electrons. The topological polar surface area (TPSA) is 42.4 Å². The van der Waals surface area contributed by atoms with Crippen molar-refractivity contribution >= 4 is 0 Å². The summed E-state index contributed by atoms with van der Waals surface area (Å²) in [6.45, 7) is 0.418. The number of aromatic hydroxyl groups is 1. The smallest absolute Gasteiger partial charge is 0.130 e. The van der Waals surface area contributed by atoms with E-state index in [-0.39, 0.29) is 11.6 Å². The average molecular weight is 309 g/mol. The molecule has 4 heteroatoms. The van der Waals surface area contributed by atoms with Gasteiger partial charge in [-0.05, 0) is 41.5 Å². The third-order valence-corrected chi connectivity index (χ3v) is 3.47. The van der Waals surface area contributed by atoms with Crippen LogP contribution in [0.2, 0.25) is 0 Å². The lowest BCUT2D eigenvalue weighted by atomic mass is 10.0. The zero-order valence-corrected chi connectivity index (χ0v) is 12.4. The van der Waals surface area contributed by atoms with Crippen molar-refractivity contribution in [2.24, 2.45) is 0 Å². The lowest BCUT2D eigenvalue weighted by Gasteiger charge is -2.12. The van der Waals surface area contributed by atoms with E-state index < -0.39 is 0 Å². The largest absolute Gasteiger partial charge is 0.508 e. The van der Waals surface area contributed by atoms with Crippen LogP contribution in [0, 0.1) is 5.82 Å². The van der Waals surface area contributed by atoms with Gasteiger partial charge in [-0.3, -0.25) is 4.98 Å². The molecule has 0 aliphatic carbocycles. The van der Waals surface area contributed by atoms with Crippen molar-refractivity contribution in [1.82, 2.24) is 4.98 Å². The Bertz CT molecular complexity index is 790. The summed E-state index contributed by atoms with van der Waals surface area (Å²) in [6, 6.07) is 15.1. The second-order valence-corrected chi connectivity index (χ2v) is 5.15. The molecular formula is C19H16FNO2. The molecule has 3 nitrogen and oxygen atoms in total. The minimum absolute atomic E-state index is 0.160. The van der Waals surface area contributed by atoms with Gasteiger partial charge in [-0.2, -0.15) is 0 Å². The molecule has 0 aliphatic heterocycles. The fourth-order valence-electron chi connectivity index (χ4n) is 2.35. The summed E-state index contributed by atoms with van der Waals surface area (Å²) in [5.74, 6) is 0.262. The Morgan fingerprint density at radius 3 is 2.74 bits per heavy atom. The van der Waals surface area contributed by atoms with E-state index >= 15 is 0 Å². The fraction of sp³-hybridized carbons (Fsp3) is 0.105. The summed E-state index contributed by atoms with van der Waals surface area (Å²) in [5.41, 5.74) is 2.58. The first-order valence-corrected chi connectivity index (χ1v) is 7.33. The molecular weight excluding hydrogens is 293 g/mol. The predicted octanol–water partition coefficient (Wildman–Crippen LogP) is 4.21. The highest BCUT2D eigenvalue weighted by molar-refractivity contribution is 5.71. The van der Waals surface area contributed by atoms with Crippen LogP contribution in [0.15, 0.2) is 67.0 Å². The van der Waals surface area contributed by atoms with Gasteiger partial charge in [0.15, 0.2) is 0 Å². The monoisotopic (exact) mass is 309 g/mol. The van der Waals surface area contributed by atoms with E-state index in [0.717, 1.165) is 16.7 Å². The molecule has 0 saturated carbocycles. The first-order chi connectivity index (χ1) is 11.2. The van der Waals surface area contributed by atoms with Crippen molar-refractivity contribution in [2.45, 2.75) is 6.42 Å². The van der Waals surface area contributed by atoms with Crippen LogP contribution in [0.1, 0.15) is 5.56 Å². The molecule has 0 bridgehead atoms. The predicted molar refractivity (Wildman–Crippen MR) is 86.9 cm³/mol. The Balaban J connectivity index is 1.79. The highest BCUT2D eigenvalue weighted by atomic mass is 19.1. The van der Waals surface area contributed by atoms with Gasteiger partial charge in [0.05, 0.1) is 6.61 Å². The SMILES string of the molecule is Oc1cccc(-c2ccc(F)cc2OCCc2cccnc2)c1. The summed E-state index contributed by atoms with van der Waals surface area (Å²) < 4.78 is 19.3. The molecule has 0 fully saturated rings. The highest BCUT2D eigenvalue weighted by Crippen LogP contribution is 2.32. The summed E-state index contributed by atoms with van der Waals surface area (Å²) in [4.78, 5) is 4.06. The average Bonchev–Trinajstić information content (AvgIpc) is 2.56. The molecule has 1 heterocycles. The van der Waals surface area contributed by atoms with Crippen LogP contribution >= 0.6 is 0 Å². The van der Waals surface area contributed by atoms with Crippen molar-refractivity contribution in [1.29, 1.82) is 0 Å². The maximum absolute atomic E-state index is 13.6. The number of pyridine rings is 1. The second-order valence-electron chi connectivity index (χ2n) is 5.15. The summed E-state index contributed by atoms with van der Waals surface area (Å²) in [7, 11) is 0. The van der Waals surface area contributed by atoms with Gasteiger partial charge in [0.25, 0.3) is 0 Å². The van der Waals surface area contributed by atoms with E-state index in [0.29, 0.717) is 18.8 Å². The van der Waals surface area contributed by atoms with Gasteiger partial charge in [0.1, 0.15) is 17.3 Å². The number of phenols is 1. The van der Waals surface area contributed by atoms with Gasteiger partial charge in [0.2, 0.25) is 0 Å².